The third-order valence-electron chi connectivity index (χ3n) is 3.19. The molecule has 2 aromatic rings. The number of ether oxygens (including phenoxy) is 1. The first-order valence-corrected chi connectivity index (χ1v) is 8.30. The average Bonchev–Trinajstić information content (AvgIpc) is 2.49. The van der Waals surface area contributed by atoms with E-state index in [2.05, 4.69) is 9.46 Å². The molecule has 0 radical (unpaired) electrons. The van der Waals surface area contributed by atoms with Crippen molar-refractivity contribution in [2.45, 2.75) is 12.7 Å². The lowest BCUT2D eigenvalue weighted by atomic mass is 10.1. The molecule has 0 saturated heterocycles. The zero-order valence-electron chi connectivity index (χ0n) is 12.4. The summed E-state index contributed by atoms with van der Waals surface area (Å²) < 4.78 is 31.5. The lowest BCUT2D eigenvalue weighted by molar-refractivity contribution is 0.0601. The molecule has 0 saturated carbocycles. The van der Waals surface area contributed by atoms with E-state index in [0.29, 0.717) is 11.3 Å². The maximum Gasteiger partial charge on any atom is 0.337 e. The third kappa shape index (κ3) is 4.08. The van der Waals surface area contributed by atoms with Crippen molar-refractivity contribution >= 4 is 21.7 Å². The van der Waals surface area contributed by atoms with Crippen molar-refractivity contribution in [3.8, 4) is 0 Å². The van der Waals surface area contributed by atoms with Gasteiger partial charge in [-0.25, -0.2) is 13.2 Å². The summed E-state index contributed by atoms with van der Waals surface area (Å²) >= 11 is 0. The Morgan fingerprint density at radius 2 is 1.73 bits per heavy atom. The number of methoxy groups -OCH3 is 1. The normalized spacial score (nSPS) is 11.0. The smallest absolute Gasteiger partial charge is 0.337 e. The molecule has 116 valence electrons. The summed E-state index contributed by atoms with van der Waals surface area (Å²) in [5, 5.41) is 0. The molecule has 0 spiro atoms. The number of hydrogen-bond acceptors (Lipinski definition) is 4. The van der Waals surface area contributed by atoms with E-state index < -0.39 is 16.0 Å². The summed E-state index contributed by atoms with van der Waals surface area (Å²) in [4.78, 5) is 11.3. The second kappa shape index (κ2) is 6.62. The Morgan fingerprint density at radius 3 is 2.32 bits per heavy atom. The molecule has 0 aromatic heterocycles. The van der Waals surface area contributed by atoms with Gasteiger partial charge in [-0.05, 0) is 42.3 Å². The number of carbonyl (C=O) groups is 1. The Kier molecular flexibility index (Phi) is 4.82. The van der Waals surface area contributed by atoms with Crippen LogP contribution in [0.1, 0.15) is 21.5 Å². The average molecular weight is 319 g/mol. The number of anilines is 1. The molecule has 0 fully saturated rings. The van der Waals surface area contributed by atoms with Gasteiger partial charge in [0.05, 0.1) is 18.4 Å². The molecule has 0 aliphatic carbocycles. The number of sulfonamides is 1. The van der Waals surface area contributed by atoms with Gasteiger partial charge >= 0.3 is 5.97 Å². The minimum atomic E-state index is -3.52. The van der Waals surface area contributed by atoms with Gasteiger partial charge in [-0.1, -0.05) is 24.3 Å². The van der Waals surface area contributed by atoms with E-state index in [-0.39, 0.29) is 5.75 Å². The highest BCUT2D eigenvalue weighted by Crippen LogP contribution is 2.16. The van der Waals surface area contributed by atoms with Crippen LogP contribution in [0, 0.1) is 6.92 Å². The van der Waals surface area contributed by atoms with Gasteiger partial charge in [-0.3, -0.25) is 4.72 Å². The van der Waals surface area contributed by atoms with E-state index in [1.54, 1.807) is 6.07 Å². The van der Waals surface area contributed by atoms with Gasteiger partial charge in [0.15, 0.2) is 0 Å². The molecule has 2 rings (SSSR count). The molecule has 0 aliphatic heterocycles. The van der Waals surface area contributed by atoms with Crippen LogP contribution in [0.5, 0.6) is 0 Å². The molecule has 2 aromatic carbocycles. The standard InChI is InChI=1S/C16H17NO4S/c1-12-5-3-4-6-14(12)11-22(19,20)17-15-9-7-13(8-10-15)16(18)21-2/h3-10,17H,11H2,1-2H3. The van der Waals surface area contributed by atoms with Crippen LogP contribution in [0.2, 0.25) is 0 Å². The second-order valence-electron chi connectivity index (χ2n) is 4.86. The summed E-state index contributed by atoms with van der Waals surface area (Å²) in [5.41, 5.74) is 2.45. The first-order valence-electron chi connectivity index (χ1n) is 6.64. The van der Waals surface area contributed by atoms with Crippen molar-refractivity contribution in [3.63, 3.8) is 0 Å². The molecule has 0 bridgehead atoms. The van der Waals surface area contributed by atoms with Crippen molar-refractivity contribution in [2.75, 3.05) is 11.8 Å². The van der Waals surface area contributed by atoms with Crippen molar-refractivity contribution in [3.05, 3.63) is 65.2 Å². The van der Waals surface area contributed by atoms with Crippen molar-refractivity contribution in [2.24, 2.45) is 0 Å². The van der Waals surface area contributed by atoms with Crippen molar-refractivity contribution in [1.29, 1.82) is 0 Å². The Balaban J connectivity index is 2.12. The van der Waals surface area contributed by atoms with E-state index in [9.17, 15) is 13.2 Å². The first-order chi connectivity index (χ1) is 10.4. The van der Waals surface area contributed by atoms with Crippen LogP contribution in [0.25, 0.3) is 0 Å². The largest absolute Gasteiger partial charge is 0.465 e. The molecular formula is C16H17NO4S. The van der Waals surface area contributed by atoms with Crippen molar-refractivity contribution in [1.82, 2.24) is 0 Å². The summed E-state index contributed by atoms with van der Waals surface area (Å²) in [6.45, 7) is 1.87. The number of benzene rings is 2. The molecule has 0 heterocycles. The number of rotatable bonds is 5. The van der Waals surface area contributed by atoms with Gasteiger partial charge in [-0.15, -0.1) is 0 Å². The fourth-order valence-corrected chi connectivity index (χ4v) is 3.29. The fraction of sp³-hybridized carbons (Fsp3) is 0.188. The van der Waals surface area contributed by atoms with Crippen LogP contribution >= 0.6 is 0 Å². The lowest BCUT2D eigenvalue weighted by Crippen LogP contribution is -2.15. The zero-order chi connectivity index (χ0) is 16.2. The van der Waals surface area contributed by atoms with Crippen LogP contribution in [-0.2, 0) is 20.5 Å². The topological polar surface area (TPSA) is 72.5 Å². The third-order valence-corrected chi connectivity index (χ3v) is 4.42. The molecule has 6 heteroatoms. The second-order valence-corrected chi connectivity index (χ2v) is 6.58. The Morgan fingerprint density at radius 1 is 1.09 bits per heavy atom. The maximum absolute atomic E-state index is 12.2. The number of carbonyl (C=O) groups excluding carboxylic acids is 1. The molecule has 5 nitrogen and oxygen atoms in total. The number of nitrogens with one attached hydrogen (secondary N) is 1. The Bertz CT molecular complexity index is 767. The predicted octanol–water partition coefficient (Wildman–Crippen LogP) is 2.72. The van der Waals surface area contributed by atoms with Gasteiger partial charge in [0, 0.05) is 5.69 Å². The molecule has 1 N–H and O–H groups in total. The van der Waals surface area contributed by atoms with Gasteiger partial charge in [-0.2, -0.15) is 0 Å². The summed E-state index contributed by atoms with van der Waals surface area (Å²) in [5.74, 6) is -0.562. The highest BCUT2D eigenvalue weighted by Gasteiger charge is 2.13. The van der Waals surface area contributed by atoms with E-state index in [0.717, 1.165) is 11.1 Å². The Labute approximate surface area is 130 Å². The van der Waals surface area contributed by atoms with Crippen LogP contribution in [-0.4, -0.2) is 21.5 Å². The number of esters is 1. The van der Waals surface area contributed by atoms with E-state index >= 15 is 0 Å². The molecule has 0 unspecified atom stereocenters. The quantitative estimate of drug-likeness (QED) is 0.860. The minimum absolute atomic E-state index is 0.0988. The van der Waals surface area contributed by atoms with Gasteiger partial charge in [0.2, 0.25) is 10.0 Å². The van der Waals surface area contributed by atoms with Gasteiger partial charge in [0.1, 0.15) is 0 Å². The van der Waals surface area contributed by atoms with Crippen LogP contribution in [0.4, 0.5) is 5.69 Å². The van der Waals surface area contributed by atoms with Crippen LogP contribution in [0.3, 0.4) is 0 Å². The monoisotopic (exact) mass is 319 g/mol. The van der Waals surface area contributed by atoms with Crippen molar-refractivity contribution < 1.29 is 17.9 Å². The first kappa shape index (κ1) is 16.0. The summed E-state index contributed by atoms with van der Waals surface area (Å²) in [6.07, 6.45) is 0. The number of aryl methyl sites for hydroxylation is 1. The summed E-state index contributed by atoms with van der Waals surface area (Å²) in [7, 11) is -2.22. The number of hydrogen-bond donors (Lipinski definition) is 1. The molecule has 0 amide bonds. The zero-order valence-corrected chi connectivity index (χ0v) is 13.2. The molecule has 0 atom stereocenters. The highest BCUT2D eigenvalue weighted by molar-refractivity contribution is 7.91. The molecule has 0 aliphatic rings. The Hall–Kier alpha value is -2.34. The van der Waals surface area contributed by atoms with E-state index in [1.165, 1.54) is 31.4 Å². The van der Waals surface area contributed by atoms with Gasteiger partial charge in [0.25, 0.3) is 0 Å². The fourth-order valence-electron chi connectivity index (χ4n) is 1.98. The summed E-state index contributed by atoms with van der Waals surface area (Å²) in [6, 6.07) is 13.4. The van der Waals surface area contributed by atoms with E-state index in [1.807, 2.05) is 25.1 Å². The van der Waals surface area contributed by atoms with Crippen LogP contribution < -0.4 is 4.72 Å². The van der Waals surface area contributed by atoms with E-state index in [4.69, 9.17) is 0 Å². The predicted molar refractivity (Wildman–Crippen MR) is 85.2 cm³/mol. The maximum atomic E-state index is 12.2. The van der Waals surface area contributed by atoms with Gasteiger partial charge < -0.3 is 4.74 Å². The molecule has 22 heavy (non-hydrogen) atoms. The minimum Gasteiger partial charge on any atom is -0.465 e. The lowest BCUT2D eigenvalue weighted by Gasteiger charge is -2.10. The SMILES string of the molecule is COC(=O)c1ccc(NS(=O)(=O)Cc2ccccc2C)cc1. The molecular weight excluding hydrogens is 302 g/mol. The highest BCUT2D eigenvalue weighted by atomic mass is 32.2. The van der Waals surface area contributed by atoms with Crippen LogP contribution in [0.15, 0.2) is 48.5 Å².